The number of hydrogen-bond donors (Lipinski definition) is 1. The van der Waals surface area contributed by atoms with E-state index >= 15 is 0 Å². The molecule has 0 spiro atoms. The molecule has 7 heteroatoms. The molecule has 1 atom stereocenters. The average molecular weight is 472 g/mol. The summed E-state index contributed by atoms with van der Waals surface area (Å²) < 4.78 is 0. The number of nitrogens with one attached hydrogen (secondary N) is 1. The highest BCUT2D eigenvalue weighted by molar-refractivity contribution is 6.30. The van der Waals surface area contributed by atoms with Gasteiger partial charge in [0.1, 0.15) is 5.82 Å². The Morgan fingerprint density at radius 1 is 0.912 bits per heavy atom. The van der Waals surface area contributed by atoms with Crippen LogP contribution < -0.4 is 10.2 Å². The number of carbonyl (C=O) groups is 1. The van der Waals surface area contributed by atoms with Gasteiger partial charge in [0.05, 0.1) is 5.52 Å². The normalized spacial score (nSPS) is 14.8. The van der Waals surface area contributed by atoms with Gasteiger partial charge in [0.25, 0.3) is 5.91 Å². The van der Waals surface area contributed by atoms with Crippen molar-refractivity contribution in [3.63, 3.8) is 0 Å². The second-order valence-corrected chi connectivity index (χ2v) is 8.89. The van der Waals surface area contributed by atoms with Crippen LogP contribution in [-0.4, -0.2) is 47.0 Å². The van der Waals surface area contributed by atoms with Crippen LogP contribution in [0.5, 0.6) is 0 Å². The van der Waals surface area contributed by atoms with Crippen LogP contribution in [0.3, 0.4) is 0 Å². The molecular formula is C27H26ClN5O. The third kappa shape index (κ3) is 4.68. The first-order valence-electron chi connectivity index (χ1n) is 11.5. The van der Waals surface area contributed by atoms with E-state index in [2.05, 4.69) is 29.3 Å². The van der Waals surface area contributed by atoms with Crippen molar-refractivity contribution in [3.8, 4) is 0 Å². The zero-order chi connectivity index (χ0) is 23.5. The number of fused-ring (bicyclic) bond motifs is 1. The Bertz CT molecular complexity index is 1300. The maximum atomic E-state index is 12.9. The van der Waals surface area contributed by atoms with Gasteiger partial charge in [-0.15, -0.1) is 0 Å². The second-order valence-electron chi connectivity index (χ2n) is 8.46. The van der Waals surface area contributed by atoms with Gasteiger partial charge in [-0.2, -0.15) is 4.98 Å². The lowest BCUT2D eigenvalue weighted by Crippen LogP contribution is -2.49. The van der Waals surface area contributed by atoms with E-state index in [0.29, 0.717) is 42.7 Å². The van der Waals surface area contributed by atoms with E-state index in [1.807, 2.05) is 47.4 Å². The lowest BCUT2D eigenvalue weighted by Gasteiger charge is -2.35. The number of piperazine rings is 1. The third-order valence-electron chi connectivity index (χ3n) is 6.17. The SMILES string of the molecule is C[C@@H](Nc1nc(N2CCN(C(=O)c3cccc(Cl)c3)CC2)nc2ccccc12)c1ccccc1. The molecule has 1 aromatic heterocycles. The average Bonchev–Trinajstić information content (AvgIpc) is 2.89. The fraction of sp³-hybridized carbons (Fsp3) is 0.222. The molecule has 0 aliphatic carbocycles. The number of hydrogen-bond acceptors (Lipinski definition) is 5. The standard InChI is InChI=1S/C27H26ClN5O/c1-19(20-8-3-2-4-9-20)29-25-23-12-5-6-13-24(23)30-27(31-25)33-16-14-32(15-17-33)26(34)21-10-7-11-22(28)18-21/h2-13,18-19H,14-17H2,1H3,(H,29,30,31)/t19-/m1/s1. The molecule has 172 valence electrons. The van der Waals surface area contributed by atoms with Crippen molar-refractivity contribution in [1.29, 1.82) is 0 Å². The Labute approximate surface area is 204 Å². The Balaban J connectivity index is 1.35. The van der Waals surface area contributed by atoms with Crippen molar-refractivity contribution < 1.29 is 4.79 Å². The molecule has 6 nitrogen and oxygen atoms in total. The minimum absolute atomic E-state index is 0.000575. The molecular weight excluding hydrogens is 446 g/mol. The van der Waals surface area contributed by atoms with Gasteiger partial charge < -0.3 is 15.1 Å². The summed E-state index contributed by atoms with van der Waals surface area (Å²) in [5.41, 5.74) is 2.71. The van der Waals surface area contributed by atoms with Gasteiger partial charge in [0, 0.05) is 48.2 Å². The molecule has 1 aliphatic heterocycles. The fourth-order valence-corrected chi connectivity index (χ4v) is 4.45. The predicted octanol–water partition coefficient (Wildman–Crippen LogP) is 5.42. The predicted molar refractivity (Wildman–Crippen MR) is 138 cm³/mol. The Hall–Kier alpha value is -3.64. The van der Waals surface area contributed by atoms with Crippen LogP contribution in [0.25, 0.3) is 10.9 Å². The fourth-order valence-electron chi connectivity index (χ4n) is 4.26. The Morgan fingerprint density at radius 3 is 2.41 bits per heavy atom. The van der Waals surface area contributed by atoms with Crippen LogP contribution in [0.15, 0.2) is 78.9 Å². The molecule has 5 rings (SSSR count). The van der Waals surface area contributed by atoms with Crippen LogP contribution >= 0.6 is 11.6 Å². The first kappa shape index (κ1) is 22.2. The van der Waals surface area contributed by atoms with E-state index in [1.54, 1.807) is 24.3 Å². The van der Waals surface area contributed by atoms with E-state index in [9.17, 15) is 4.79 Å². The number of aromatic nitrogens is 2. The number of rotatable bonds is 5. The summed E-state index contributed by atoms with van der Waals surface area (Å²) in [6.45, 7) is 4.66. The molecule has 0 radical (unpaired) electrons. The maximum absolute atomic E-state index is 12.9. The summed E-state index contributed by atoms with van der Waals surface area (Å²) in [4.78, 5) is 26.6. The van der Waals surface area contributed by atoms with E-state index in [4.69, 9.17) is 21.6 Å². The number of para-hydroxylation sites is 1. The molecule has 0 bridgehead atoms. The van der Waals surface area contributed by atoms with Gasteiger partial charge in [0.15, 0.2) is 0 Å². The van der Waals surface area contributed by atoms with Crippen molar-refractivity contribution in [2.45, 2.75) is 13.0 Å². The van der Waals surface area contributed by atoms with Gasteiger partial charge in [-0.3, -0.25) is 4.79 Å². The van der Waals surface area contributed by atoms with Crippen LogP contribution in [0.2, 0.25) is 5.02 Å². The van der Waals surface area contributed by atoms with Crippen LogP contribution in [0.1, 0.15) is 28.9 Å². The zero-order valence-electron chi connectivity index (χ0n) is 19.0. The van der Waals surface area contributed by atoms with Crippen LogP contribution in [0, 0.1) is 0 Å². The van der Waals surface area contributed by atoms with Crippen molar-refractivity contribution in [3.05, 3.63) is 95.0 Å². The minimum atomic E-state index is 0.000575. The second kappa shape index (κ2) is 9.69. The van der Waals surface area contributed by atoms with Crippen LogP contribution in [0.4, 0.5) is 11.8 Å². The van der Waals surface area contributed by atoms with Gasteiger partial charge in [-0.25, -0.2) is 4.98 Å². The molecule has 1 N–H and O–H groups in total. The van der Waals surface area contributed by atoms with E-state index in [1.165, 1.54) is 5.56 Å². The highest BCUT2D eigenvalue weighted by Gasteiger charge is 2.24. The molecule has 1 saturated heterocycles. The lowest BCUT2D eigenvalue weighted by molar-refractivity contribution is 0.0746. The summed E-state index contributed by atoms with van der Waals surface area (Å²) >= 11 is 6.07. The molecule has 1 amide bonds. The molecule has 4 aromatic rings. The van der Waals surface area contributed by atoms with Crippen molar-refractivity contribution in [2.75, 3.05) is 36.4 Å². The summed E-state index contributed by atoms with van der Waals surface area (Å²) in [6.07, 6.45) is 0. The number of halogens is 1. The quantitative estimate of drug-likeness (QED) is 0.421. The number of benzene rings is 3. The topological polar surface area (TPSA) is 61.4 Å². The van der Waals surface area contributed by atoms with Crippen molar-refractivity contribution in [1.82, 2.24) is 14.9 Å². The number of anilines is 2. The number of amides is 1. The van der Waals surface area contributed by atoms with E-state index in [-0.39, 0.29) is 11.9 Å². The van der Waals surface area contributed by atoms with Gasteiger partial charge in [-0.1, -0.05) is 60.1 Å². The number of nitrogens with zero attached hydrogens (tertiary/aromatic N) is 4. The summed E-state index contributed by atoms with van der Waals surface area (Å²) in [5.74, 6) is 1.49. The largest absolute Gasteiger partial charge is 0.363 e. The Morgan fingerprint density at radius 2 is 1.65 bits per heavy atom. The monoisotopic (exact) mass is 471 g/mol. The minimum Gasteiger partial charge on any atom is -0.363 e. The highest BCUT2D eigenvalue weighted by atomic mass is 35.5. The molecule has 1 fully saturated rings. The first-order valence-corrected chi connectivity index (χ1v) is 11.8. The molecule has 0 unspecified atom stereocenters. The van der Waals surface area contributed by atoms with E-state index in [0.717, 1.165) is 16.7 Å². The molecule has 0 saturated carbocycles. The Kier molecular flexibility index (Phi) is 6.32. The summed E-state index contributed by atoms with van der Waals surface area (Å²) in [5, 5.41) is 5.14. The maximum Gasteiger partial charge on any atom is 0.254 e. The van der Waals surface area contributed by atoms with E-state index < -0.39 is 0 Å². The lowest BCUT2D eigenvalue weighted by atomic mass is 10.1. The van der Waals surface area contributed by atoms with Gasteiger partial charge in [0.2, 0.25) is 5.95 Å². The summed E-state index contributed by atoms with van der Waals surface area (Å²) in [7, 11) is 0. The molecule has 1 aliphatic rings. The van der Waals surface area contributed by atoms with Gasteiger partial charge >= 0.3 is 0 Å². The van der Waals surface area contributed by atoms with Crippen molar-refractivity contribution >= 4 is 40.2 Å². The first-order chi connectivity index (χ1) is 16.6. The zero-order valence-corrected chi connectivity index (χ0v) is 19.7. The third-order valence-corrected chi connectivity index (χ3v) is 6.40. The molecule has 3 aromatic carbocycles. The summed E-state index contributed by atoms with van der Waals surface area (Å²) in [6, 6.07) is 25.6. The molecule has 34 heavy (non-hydrogen) atoms. The van der Waals surface area contributed by atoms with Gasteiger partial charge in [-0.05, 0) is 42.8 Å². The molecule has 2 heterocycles. The highest BCUT2D eigenvalue weighted by Crippen LogP contribution is 2.27. The van der Waals surface area contributed by atoms with Crippen LogP contribution in [-0.2, 0) is 0 Å². The number of carbonyl (C=O) groups excluding carboxylic acids is 1. The van der Waals surface area contributed by atoms with Crippen molar-refractivity contribution in [2.24, 2.45) is 0 Å². The smallest absolute Gasteiger partial charge is 0.254 e.